The first-order valence-electron chi connectivity index (χ1n) is 7.98. The predicted octanol–water partition coefficient (Wildman–Crippen LogP) is 0.209. The number of carbonyl (C=O) groups is 1. The van der Waals surface area contributed by atoms with E-state index in [9.17, 15) is 24.1 Å². The maximum absolute atomic E-state index is 12.4. The van der Waals surface area contributed by atoms with E-state index in [-0.39, 0.29) is 23.2 Å². The molecule has 0 spiro atoms. The smallest absolute Gasteiger partial charge is 0.341 e. The van der Waals surface area contributed by atoms with Crippen LogP contribution in [0.4, 0.5) is 0 Å². The second-order valence-electron chi connectivity index (χ2n) is 5.63. The van der Waals surface area contributed by atoms with Gasteiger partial charge in [0, 0.05) is 19.7 Å². The van der Waals surface area contributed by atoms with E-state index in [1.54, 1.807) is 29.5 Å². The highest BCUT2D eigenvalue weighted by Crippen LogP contribution is 2.48. The van der Waals surface area contributed by atoms with Gasteiger partial charge in [-0.25, -0.2) is 4.79 Å². The summed E-state index contributed by atoms with van der Waals surface area (Å²) in [4.78, 5) is 37.0. The van der Waals surface area contributed by atoms with Gasteiger partial charge in [-0.15, -0.1) is 0 Å². The molecule has 0 aliphatic carbocycles. The second-order valence-corrected chi connectivity index (χ2v) is 8.95. The Morgan fingerprint density at radius 2 is 2.22 bits per heavy atom. The molecule has 0 amide bonds. The Kier molecular flexibility index (Phi) is 7.77. The van der Waals surface area contributed by atoms with Crippen molar-refractivity contribution >= 4 is 36.2 Å². The Morgan fingerprint density at radius 1 is 1.52 bits per heavy atom. The van der Waals surface area contributed by atoms with Crippen LogP contribution in [0.2, 0.25) is 0 Å². The SMILES string of the molecule is CCOC(=O)CP(=O)(OC)OCC1OC(n2cc(I)c(=O)[nH]c2=O)CC1O. The van der Waals surface area contributed by atoms with Gasteiger partial charge in [-0.1, -0.05) is 0 Å². The third-order valence-electron chi connectivity index (χ3n) is 3.78. The number of aliphatic hydroxyl groups is 1. The van der Waals surface area contributed by atoms with Crippen molar-refractivity contribution in [1.29, 1.82) is 0 Å². The molecule has 2 heterocycles. The zero-order chi connectivity index (χ0) is 20.2. The van der Waals surface area contributed by atoms with Crippen molar-refractivity contribution in [3.63, 3.8) is 0 Å². The molecule has 1 fully saturated rings. The minimum Gasteiger partial charge on any atom is -0.466 e. The Balaban J connectivity index is 2.03. The summed E-state index contributed by atoms with van der Waals surface area (Å²) >= 11 is 1.77. The number of aromatic nitrogens is 2. The van der Waals surface area contributed by atoms with Crippen LogP contribution in [-0.2, 0) is 27.9 Å². The standard InChI is InChI=1S/C14H20IN2O9P/c1-3-24-12(19)7-27(22,23-2)25-6-10-9(18)4-11(26-10)17-5-8(15)13(20)16-14(17)21/h5,9-11,18H,3-4,6-7H2,1-2H3,(H,16,20,21). The number of esters is 1. The van der Waals surface area contributed by atoms with E-state index >= 15 is 0 Å². The number of carbonyl (C=O) groups excluding carboxylic acids is 1. The summed E-state index contributed by atoms with van der Waals surface area (Å²) < 4.78 is 34.2. The molecule has 152 valence electrons. The van der Waals surface area contributed by atoms with Gasteiger partial charge in [-0.2, -0.15) is 0 Å². The lowest BCUT2D eigenvalue weighted by atomic mass is 10.2. The van der Waals surface area contributed by atoms with Crippen LogP contribution in [0, 0.1) is 3.57 Å². The first-order chi connectivity index (χ1) is 12.7. The lowest BCUT2D eigenvalue weighted by molar-refractivity contribution is -0.140. The van der Waals surface area contributed by atoms with Gasteiger partial charge in [-0.05, 0) is 29.5 Å². The molecule has 0 aromatic carbocycles. The van der Waals surface area contributed by atoms with Gasteiger partial charge in [0.25, 0.3) is 5.56 Å². The van der Waals surface area contributed by atoms with Gasteiger partial charge in [0.05, 0.1) is 22.9 Å². The van der Waals surface area contributed by atoms with Gasteiger partial charge in [0.1, 0.15) is 18.5 Å². The first-order valence-corrected chi connectivity index (χ1v) is 10.8. The minimum absolute atomic E-state index is 0.0607. The molecule has 1 aromatic heterocycles. The van der Waals surface area contributed by atoms with E-state index in [0.717, 1.165) is 11.7 Å². The molecule has 0 bridgehead atoms. The van der Waals surface area contributed by atoms with E-state index < -0.39 is 49.4 Å². The third-order valence-corrected chi connectivity index (χ3v) is 6.29. The molecule has 13 heteroatoms. The summed E-state index contributed by atoms with van der Waals surface area (Å²) in [6.07, 6.45) is -1.94. The van der Waals surface area contributed by atoms with E-state index in [2.05, 4.69) is 4.98 Å². The summed E-state index contributed by atoms with van der Waals surface area (Å²) in [5.41, 5.74) is -1.20. The molecule has 2 rings (SSSR count). The molecule has 2 N–H and O–H groups in total. The fourth-order valence-corrected chi connectivity index (χ4v) is 3.97. The molecule has 0 radical (unpaired) electrons. The maximum atomic E-state index is 12.4. The molecule has 27 heavy (non-hydrogen) atoms. The van der Waals surface area contributed by atoms with Crippen LogP contribution in [0.25, 0.3) is 0 Å². The number of halogens is 1. The lowest BCUT2D eigenvalue weighted by Gasteiger charge is -2.20. The molecule has 1 saturated heterocycles. The third kappa shape index (κ3) is 5.72. The van der Waals surface area contributed by atoms with E-state index in [1.807, 2.05) is 0 Å². The summed E-state index contributed by atoms with van der Waals surface area (Å²) in [5, 5.41) is 10.2. The summed E-state index contributed by atoms with van der Waals surface area (Å²) in [5.74, 6) is -0.734. The Bertz CT molecular complexity index is 839. The zero-order valence-corrected chi connectivity index (χ0v) is 17.7. The first kappa shape index (κ1) is 22.2. The number of hydrogen-bond acceptors (Lipinski definition) is 9. The average molecular weight is 518 g/mol. The van der Waals surface area contributed by atoms with Crippen molar-refractivity contribution in [1.82, 2.24) is 9.55 Å². The molecular weight excluding hydrogens is 498 g/mol. The Hall–Kier alpha value is -1.05. The summed E-state index contributed by atoms with van der Waals surface area (Å²) in [6.45, 7) is 1.41. The number of ether oxygens (including phenoxy) is 2. The number of hydrogen-bond donors (Lipinski definition) is 2. The van der Waals surface area contributed by atoms with Gasteiger partial charge in [0.15, 0.2) is 0 Å². The predicted molar refractivity (Wildman–Crippen MR) is 101 cm³/mol. The number of aromatic amines is 1. The molecular formula is C14H20IN2O9P. The van der Waals surface area contributed by atoms with Crippen LogP contribution in [-0.4, -0.2) is 59.3 Å². The maximum Gasteiger partial charge on any atom is 0.341 e. The van der Waals surface area contributed by atoms with Gasteiger partial charge >= 0.3 is 19.3 Å². The fraction of sp³-hybridized carbons (Fsp3) is 0.643. The lowest BCUT2D eigenvalue weighted by Crippen LogP contribution is -2.33. The fourth-order valence-electron chi connectivity index (χ4n) is 2.43. The topological polar surface area (TPSA) is 146 Å². The molecule has 11 nitrogen and oxygen atoms in total. The molecule has 1 aliphatic heterocycles. The van der Waals surface area contributed by atoms with Crippen molar-refractivity contribution < 1.29 is 33.0 Å². The van der Waals surface area contributed by atoms with Crippen LogP contribution in [0.3, 0.4) is 0 Å². The monoisotopic (exact) mass is 518 g/mol. The number of aliphatic hydroxyl groups excluding tert-OH is 1. The molecule has 0 saturated carbocycles. The normalized spacial score (nSPS) is 24.5. The van der Waals surface area contributed by atoms with Crippen molar-refractivity contribution in [2.75, 3.05) is 26.5 Å². The minimum atomic E-state index is -3.76. The molecule has 4 unspecified atom stereocenters. The summed E-state index contributed by atoms with van der Waals surface area (Å²) in [6, 6.07) is 0. The van der Waals surface area contributed by atoms with Crippen LogP contribution in [0.15, 0.2) is 15.8 Å². The van der Waals surface area contributed by atoms with Crippen molar-refractivity contribution in [2.45, 2.75) is 31.8 Å². The highest BCUT2D eigenvalue weighted by molar-refractivity contribution is 14.1. The van der Waals surface area contributed by atoms with Crippen LogP contribution in [0.1, 0.15) is 19.6 Å². The van der Waals surface area contributed by atoms with Gasteiger partial charge < -0.3 is 23.6 Å². The Morgan fingerprint density at radius 3 is 2.85 bits per heavy atom. The zero-order valence-electron chi connectivity index (χ0n) is 14.6. The van der Waals surface area contributed by atoms with E-state index in [1.165, 1.54) is 6.20 Å². The molecule has 4 atom stereocenters. The van der Waals surface area contributed by atoms with Crippen LogP contribution < -0.4 is 11.2 Å². The number of H-pyrrole nitrogens is 1. The molecule has 1 aromatic rings. The quantitative estimate of drug-likeness (QED) is 0.280. The Labute approximate surface area is 167 Å². The largest absolute Gasteiger partial charge is 0.466 e. The van der Waals surface area contributed by atoms with Crippen molar-refractivity contribution in [2.24, 2.45) is 0 Å². The highest BCUT2D eigenvalue weighted by atomic mass is 127. The average Bonchev–Trinajstić information content (AvgIpc) is 2.97. The van der Waals surface area contributed by atoms with Crippen molar-refractivity contribution in [3.8, 4) is 0 Å². The highest BCUT2D eigenvalue weighted by Gasteiger charge is 2.38. The second kappa shape index (κ2) is 9.43. The van der Waals surface area contributed by atoms with Crippen LogP contribution >= 0.6 is 30.2 Å². The molecule has 1 aliphatic rings. The van der Waals surface area contributed by atoms with E-state index in [4.69, 9.17) is 18.5 Å². The number of rotatable bonds is 8. The van der Waals surface area contributed by atoms with Crippen molar-refractivity contribution in [3.05, 3.63) is 30.6 Å². The van der Waals surface area contributed by atoms with E-state index in [0.29, 0.717) is 0 Å². The van der Waals surface area contributed by atoms with Gasteiger partial charge in [0.2, 0.25) is 0 Å². The van der Waals surface area contributed by atoms with Crippen LogP contribution in [0.5, 0.6) is 0 Å². The number of nitrogens with zero attached hydrogens (tertiary/aromatic N) is 1. The summed E-state index contributed by atoms with van der Waals surface area (Å²) in [7, 11) is -2.63. The number of nitrogens with one attached hydrogen (secondary N) is 1. The van der Waals surface area contributed by atoms with Gasteiger partial charge in [-0.3, -0.25) is 23.7 Å².